The van der Waals surface area contributed by atoms with Gasteiger partial charge in [0.2, 0.25) is 0 Å². The van der Waals surface area contributed by atoms with Crippen molar-refractivity contribution in [1.82, 2.24) is 4.98 Å². The van der Waals surface area contributed by atoms with E-state index in [1.54, 1.807) is 0 Å². The first-order valence-electron chi connectivity index (χ1n) is 5.87. The van der Waals surface area contributed by atoms with Crippen molar-refractivity contribution >= 4 is 16.9 Å². The Kier molecular flexibility index (Phi) is 3.18. The fourth-order valence-corrected chi connectivity index (χ4v) is 2.17. The monoisotopic (exact) mass is 231 g/mol. The first kappa shape index (κ1) is 11.7. The van der Waals surface area contributed by atoms with Crippen LogP contribution in [-0.2, 0) is 11.2 Å². The van der Waals surface area contributed by atoms with E-state index < -0.39 is 5.97 Å². The lowest BCUT2D eigenvalue weighted by Crippen LogP contribution is -1.96. The lowest BCUT2D eigenvalue weighted by molar-refractivity contribution is -0.137. The highest BCUT2D eigenvalue weighted by Crippen LogP contribution is 2.23. The third-order valence-electron chi connectivity index (χ3n) is 3.13. The molecule has 1 heterocycles. The molecule has 90 valence electrons. The highest BCUT2D eigenvalue weighted by Gasteiger charge is 2.08. The van der Waals surface area contributed by atoms with Crippen LogP contribution in [0.2, 0.25) is 0 Å². The van der Waals surface area contributed by atoms with Crippen LogP contribution in [0.5, 0.6) is 0 Å². The van der Waals surface area contributed by atoms with Crippen LogP contribution in [-0.4, -0.2) is 16.1 Å². The third kappa shape index (κ3) is 2.49. The van der Waals surface area contributed by atoms with Crippen LogP contribution in [0.3, 0.4) is 0 Å². The van der Waals surface area contributed by atoms with Gasteiger partial charge in [-0.3, -0.25) is 4.79 Å². The average molecular weight is 231 g/mol. The van der Waals surface area contributed by atoms with Gasteiger partial charge in [0.25, 0.3) is 0 Å². The van der Waals surface area contributed by atoms with Crippen molar-refractivity contribution in [2.24, 2.45) is 0 Å². The van der Waals surface area contributed by atoms with Crippen molar-refractivity contribution in [3.05, 3.63) is 35.0 Å². The molecule has 0 unspecified atom stereocenters. The Labute approximate surface area is 100 Å². The van der Waals surface area contributed by atoms with E-state index in [2.05, 4.69) is 37.0 Å². The minimum absolute atomic E-state index is 0.230. The van der Waals surface area contributed by atoms with Gasteiger partial charge >= 0.3 is 5.97 Å². The molecule has 2 rings (SSSR count). The third-order valence-corrected chi connectivity index (χ3v) is 3.13. The molecule has 0 spiro atoms. The van der Waals surface area contributed by atoms with Gasteiger partial charge in [-0.2, -0.15) is 0 Å². The number of carbonyl (C=O) groups is 1. The van der Waals surface area contributed by atoms with Crippen molar-refractivity contribution in [2.45, 2.75) is 33.1 Å². The average Bonchev–Trinajstić information content (AvgIpc) is 2.55. The smallest absolute Gasteiger partial charge is 0.303 e. The second-order valence-corrected chi connectivity index (χ2v) is 4.52. The van der Waals surface area contributed by atoms with Crippen molar-refractivity contribution in [1.29, 1.82) is 0 Å². The largest absolute Gasteiger partial charge is 0.481 e. The van der Waals surface area contributed by atoms with Crippen molar-refractivity contribution in [3.8, 4) is 0 Å². The van der Waals surface area contributed by atoms with Gasteiger partial charge in [-0.05, 0) is 43.9 Å². The van der Waals surface area contributed by atoms with E-state index in [0.29, 0.717) is 6.42 Å². The quantitative estimate of drug-likeness (QED) is 0.849. The summed E-state index contributed by atoms with van der Waals surface area (Å²) in [4.78, 5) is 13.9. The van der Waals surface area contributed by atoms with E-state index in [4.69, 9.17) is 5.11 Å². The van der Waals surface area contributed by atoms with E-state index in [9.17, 15) is 4.79 Å². The van der Waals surface area contributed by atoms with Crippen LogP contribution in [0.1, 0.15) is 29.7 Å². The number of carboxylic acid groups (broad SMARTS) is 1. The van der Waals surface area contributed by atoms with Gasteiger partial charge < -0.3 is 10.1 Å². The maximum atomic E-state index is 10.5. The zero-order valence-electron chi connectivity index (χ0n) is 10.2. The predicted octanol–water partition coefficient (Wildman–Crippen LogP) is 3.19. The predicted molar refractivity (Wildman–Crippen MR) is 68.3 cm³/mol. The molecule has 2 aromatic rings. The maximum Gasteiger partial charge on any atom is 0.303 e. The fraction of sp³-hybridized carbons (Fsp3) is 0.357. The first-order valence-corrected chi connectivity index (χ1v) is 5.87. The Morgan fingerprint density at radius 3 is 2.82 bits per heavy atom. The molecule has 1 aromatic carbocycles. The number of rotatable bonds is 4. The summed E-state index contributed by atoms with van der Waals surface area (Å²) in [7, 11) is 0. The molecule has 0 bridgehead atoms. The van der Waals surface area contributed by atoms with Gasteiger partial charge in [0, 0.05) is 23.0 Å². The summed E-state index contributed by atoms with van der Waals surface area (Å²) in [6, 6.07) is 6.35. The minimum atomic E-state index is -0.727. The lowest BCUT2D eigenvalue weighted by atomic mass is 10.1. The molecule has 17 heavy (non-hydrogen) atoms. The van der Waals surface area contributed by atoms with Crippen LogP contribution >= 0.6 is 0 Å². The highest BCUT2D eigenvalue weighted by atomic mass is 16.4. The van der Waals surface area contributed by atoms with Gasteiger partial charge in [-0.1, -0.05) is 12.1 Å². The van der Waals surface area contributed by atoms with E-state index in [1.165, 1.54) is 16.5 Å². The summed E-state index contributed by atoms with van der Waals surface area (Å²) in [5.41, 5.74) is 4.78. The molecule has 0 atom stereocenters. The number of hydrogen-bond donors (Lipinski definition) is 2. The van der Waals surface area contributed by atoms with Crippen LogP contribution in [0, 0.1) is 13.8 Å². The van der Waals surface area contributed by atoms with Gasteiger partial charge in [-0.25, -0.2) is 0 Å². The topological polar surface area (TPSA) is 53.1 Å². The highest BCUT2D eigenvalue weighted by molar-refractivity contribution is 5.85. The number of H-pyrrole nitrogens is 1. The van der Waals surface area contributed by atoms with Crippen molar-refractivity contribution in [2.75, 3.05) is 0 Å². The molecule has 3 nitrogen and oxygen atoms in total. The number of hydrogen-bond acceptors (Lipinski definition) is 1. The second kappa shape index (κ2) is 4.62. The number of carboxylic acids is 1. The molecular formula is C14H17NO2. The molecule has 0 fully saturated rings. The summed E-state index contributed by atoms with van der Waals surface area (Å²) < 4.78 is 0. The molecule has 0 aliphatic carbocycles. The van der Waals surface area contributed by atoms with E-state index in [1.807, 2.05) is 0 Å². The van der Waals surface area contributed by atoms with Crippen LogP contribution in [0.15, 0.2) is 18.2 Å². The first-order chi connectivity index (χ1) is 8.08. The number of aromatic amines is 1. The van der Waals surface area contributed by atoms with Gasteiger partial charge in [0.1, 0.15) is 0 Å². The fourth-order valence-electron chi connectivity index (χ4n) is 2.17. The molecule has 1 aromatic heterocycles. The molecule has 0 saturated carbocycles. The van der Waals surface area contributed by atoms with E-state index in [0.717, 1.165) is 17.6 Å². The molecule has 0 saturated heterocycles. The summed E-state index contributed by atoms with van der Waals surface area (Å²) in [5, 5.41) is 9.86. The van der Waals surface area contributed by atoms with Crippen LogP contribution in [0.25, 0.3) is 10.9 Å². The molecule has 0 radical (unpaired) electrons. The van der Waals surface area contributed by atoms with E-state index >= 15 is 0 Å². The zero-order valence-corrected chi connectivity index (χ0v) is 10.2. The van der Waals surface area contributed by atoms with Gasteiger partial charge in [-0.15, -0.1) is 0 Å². The zero-order chi connectivity index (χ0) is 12.4. The SMILES string of the molecule is Cc1ccc2c(C)c(CCCC(=O)O)[nH]c2c1. The van der Waals surface area contributed by atoms with Crippen LogP contribution < -0.4 is 0 Å². The second-order valence-electron chi connectivity index (χ2n) is 4.52. The number of benzene rings is 1. The minimum Gasteiger partial charge on any atom is -0.481 e. The Hall–Kier alpha value is -1.77. The Balaban J connectivity index is 2.23. The molecule has 2 N–H and O–H groups in total. The molecule has 0 amide bonds. The van der Waals surface area contributed by atoms with Gasteiger partial charge in [0.05, 0.1) is 0 Å². The summed E-state index contributed by atoms with van der Waals surface area (Å²) in [6.07, 6.45) is 1.71. The van der Waals surface area contributed by atoms with E-state index in [-0.39, 0.29) is 6.42 Å². The molecular weight excluding hydrogens is 214 g/mol. The lowest BCUT2D eigenvalue weighted by Gasteiger charge is -1.98. The van der Waals surface area contributed by atoms with Gasteiger partial charge in [0.15, 0.2) is 0 Å². The molecule has 3 heteroatoms. The Morgan fingerprint density at radius 2 is 2.12 bits per heavy atom. The number of fused-ring (bicyclic) bond motifs is 1. The number of nitrogens with one attached hydrogen (secondary N) is 1. The summed E-state index contributed by atoms with van der Waals surface area (Å²) >= 11 is 0. The van der Waals surface area contributed by atoms with Crippen molar-refractivity contribution < 1.29 is 9.90 Å². The standard InChI is InChI=1S/C14H17NO2/c1-9-6-7-11-10(2)12(15-13(11)8-9)4-3-5-14(16)17/h6-8,15H,3-5H2,1-2H3,(H,16,17). The molecule has 0 aliphatic rings. The number of aromatic nitrogens is 1. The number of aryl methyl sites for hydroxylation is 3. The Morgan fingerprint density at radius 1 is 1.35 bits per heavy atom. The summed E-state index contributed by atoms with van der Waals surface area (Å²) in [5.74, 6) is -0.727. The normalized spacial score (nSPS) is 10.9. The maximum absolute atomic E-state index is 10.5. The van der Waals surface area contributed by atoms with Crippen molar-refractivity contribution in [3.63, 3.8) is 0 Å². The summed E-state index contributed by atoms with van der Waals surface area (Å²) in [6.45, 7) is 4.16. The Bertz CT molecular complexity index is 555. The molecule has 0 aliphatic heterocycles. The number of aliphatic carboxylic acids is 1. The van der Waals surface area contributed by atoms with Crippen LogP contribution in [0.4, 0.5) is 0 Å².